The van der Waals surface area contributed by atoms with E-state index in [4.69, 9.17) is 0 Å². The van der Waals surface area contributed by atoms with Crippen molar-refractivity contribution < 1.29 is 4.39 Å². The molecule has 4 heteroatoms. The van der Waals surface area contributed by atoms with Gasteiger partial charge in [0.15, 0.2) is 0 Å². The Hall–Kier alpha value is -0.710. The lowest BCUT2D eigenvalue weighted by Gasteiger charge is -2.11. The SMILES string of the molecule is CC(NCCc1ccc(F)cc1)c1ccc(Br)s1. The van der Waals surface area contributed by atoms with Crippen molar-refractivity contribution in [2.24, 2.45) is 0 Å². The highest BCUT2D eigenvalue weighted by molar-refractivity contribution is 9.11. The Morgan fingerprint density at radius 1 is 1.22 bits per heavy atom. The van der Waals surface area contributed by atoms with E-state index in [0.717, 1.165) is 22.3 Å². The van der Waals surface area contributed by atoms with E-state index < -0.39 is 0 Å². The third-order valence-electron chi connectivity index (χ3n) is 2.80. The van der Waals surface area contributed by atoms with Gasteiger partial charge in [0.25, 0.3) is 0 Å². The molecule has 0 aliphatic rings. The molecule has 0 amide bonds. The minimum absolute atomic E-state index is 0.177. The average molecular weight is 328 g/mol. The van der Waals surface area contributed by atoms with Gasteiger partial charge < -0.3 is 5.32 Å². The van der Waals surface area contributed by atoms with E-state index in [2.05, 4.69) is 40.3 Å². The van der Waals surface area contributed by atoms with Gasteiger partial charge in [0.1, 0.15) is 5.82 Å². The number of hydrogen-bond donors (Lipinski definition) is 1. The first-order chi connectivity index (χ1) is 8.65. The monoisotopic (exact) mass is 327 g/mol. The van der Waals surface area contributed by atoms with Crippen LogP contribution >= 0.6 is 27.3 Å². The molecule has 1 unspecified atom stereocenters. The van der Waals surface area contributed by atoms with Crippen molar-refractivity contribution in [3.05, 3.63) is 56.4 Å². The molecule has 1 N–H and O–H groups in total. The zero-order chi connectivity index (χ0) is 13.0. The molecule has 0 bridgehead atoms. The molecule has 18 heavy (non-hydrogen) atoms. The fourth-order valence-corrected chi connectivity index (χ4v) is 3.20. The smallest absolute Gasteiger partial charge is 0.123 e. The predicted molar refractivity (Wildman–Crippen MR) is 78.5 cm³/mol. The maximum Gasteiger partial charge on any atom is 0.123 e. The van der Waals surface area contributed by atoms with E-state index in [9.17, 15) is 4.39 Å². The molecule has 2 rings (SSSR count). The van der Waals surface area contributed by atoms with Gasteiger partial charge in [-0.3, -0.25) is 0 Å². The molecule has 1 atom stereocenters. The number of hydrogen-bond acceptors (Lipinski definition) is 2. The first-order valence-corrected chi connectivity index (χ1v) is 7.49. The highest BCUT2D eigenvalue weighted by atomic mass is 79.9. The van der Waals surface area contributed by atoms with Crippen LogP contribution in [0.2, 0.25) is 0 Å². The van der Waals surface area contributed by atoms with Crippen molar-refractivity contribution in [2.45, 2.75) is 19.4 Å². The van der Waals surface area contributed by atoms with Crippen molar-refractivity contribution in [3.63, 3.8) is 0 Å². The summed E-state index contributed by atoms with van der Waals surface area (Å²) in [6.07, 6.45) is 0.914. The molecule has 1 heterocycles. The zero-order valence-electron chi connectivity index (χ0n) is 10.1. The molecule has 1 nitrogen and oxygen atoms in total. The van der Waals surface area contributed by atoms with Gasteiger partial charge in [0.05, 0.1) is 3.79 Å². The topological polar surface area (TPSA) is 12.0 Å². The summed E-state index contributed by atoms with van der Waals surface area (Å²) in [5, 5.41) is 3.47. The maximum absolute atomic E-state index is 12.7. The summed E-state index contributed by atoms with van der Waals surface area (Å²) >= 11 is 5.22. The minimum atomic E-state index is -0.177. The molecule has 0 saturated carbocycles. The summed E-state index contributed by atoms with van der Waals surface area (Å²) < 4.78 is 13.9. The molecule has 0 fully saturated rings. The lowest BCUT2D eigenvalue weighted by atomic mass is 10.1. The van der Waals surface area contributed by atoms with Crippen LogP contribution in [0.3, 0.4) is 0 Å². The fraction of sp³-hybridized carbons (Fsp3) is 0.286. The van der Waals surface area contributed by atoms with Crippen LogP contribution in [0.15, 0.2) is 40.2 Å². The van der Waals surface area contributed by atoms with Crippen LogP contribution in [0.5, 0.6) is 0 Å². The molecule has 96 valence electrons. The van der Waals surface area contributed by atoms with Crippen molar-refractivity contribution in [2.75, 3.05) is 6.54 Å². The molecule has 1 aromatic heterocycles. The Balaban J connectivity index is 1.80. The van der Waals surface area contributed by atoms with Gasteiger partial charge in [-0.05, 0) is 65.6 Å². The van der Waals surface area contributed by atoms with Crippen molar-refractivity contribution in [1.82, 2.24) is 5.32 Å². The van der Waals surface area contributed by atoms with Crippen LogP contribution in [0.1, 0.15) is 23.4 Å². The number of thiophene rings is 1. The molecule has 2 aromatic rings. The second-order valence-corrected chi connectivity index (χ2v) is 6.69. The lowest BCUT2D eigenvalue weighted by molar-refractivity contribution is 0.583. The van der Waals surface area contributed by atoms with Gasteiger partial charge in [-0.25, -0.2) is 4.39 Å². The fourth-order valence-electron chi connectivity index (χ4n) is 1.75. The van der Waals surface area contributed by atoms with Gasteiger partial charge >= 0.3 is 0 Å². The van der Waals surface area contributed by atoms with Gasteiger partial charge in [-0.15, -0.1) is 11.3 Å². The highest BCUT2D eigenvalue weighted by Crippen LogP contribution is 2.26. The van der Waals surface area contributed by atoms with Gasteiger partial charge in [0, 0.05) is 10.9 Å². The Kier molecular flexibility index (Phi) is 4.92. The van der Waals surface area contributed by atoms with E-state index in [1.165, 1.54) is 17.0 Å². The summed E-state index contributed by atoms with van der Waals surface area (Å²) in [4.78, 5) is 1.32. The average Bonchev–Trinajstić information content (AvgIpc) is 2.78. The second kappa shape index (κ2) is 6.45. The van der Waals surface area contributed by atoms with Crippen molar-refractivity contribution in [3.8, 4) is 0 Å². The maximum atomic E-state index is 12.7. The third kappa shape index (κ3) is 3.90. The summed E-state index contributed by atoms with van der Waals surface area (Å²) in [6, 6.07) is 11.2. The normalized spacial score (nSPS) is 12.6. The largest absolute Gasteiger partial charge is 0.309 e. The van der Waals surface area contributed by atoms with Crippen LogP contribution in [-0.4, -0.2) is 6.54 Å². The molecule has 0 saturated heterocycles. The molecular weight excluding hydrogens is 313 g/mol. The van der Waals surface area contributed by atoms with E-state index in [-0.39, 0.29) is 5.82 Å². The van der Waals surface area contributed by atoms with E-state index >= 15 is 0 Å². The van der Waals surface area contributed by atoms with Gasteiger partial charge in [0.2, 0.25) is 0 Å². The molecular formula is C14H15BrFNS. The molecule has 1 aromatic carbocycles. The van der Waals surface area contributed by atoms with E-state index in [0.29, 0.717) is 6.04 Å². The first-order valence-electron chi connectivity index (χ1n) is 5.88. The Labute approximate surface area is 119 Å². The second-order valence-electron chi connectivity index (χ2n) is 4.19. The third-order valence-corrected chi connectivity index (χ3v) is 4.60. The highest BCUT2D eigenvalue weighted by Gasteiger charge is 2.06. The summed E-state index contributed by atoms with van der Waals surface area (Å²) in [5.41, 5.74) is 1.16. The number of nitrogens with one attached hydrogen (secondary N) is 1. The van der Waals surface area contributed by atoms with Crippen LogP contribution in [0.4, 0.5) is 4.39 Å². The minimum Gasteiger partial charge on any atom is -0.309 e. The molecule has 0 spiro atoms. The van der Waals surface area contributed by atoms with Crippen LogP contribution < -0.4 is 5.32 Å². The number of halogens is 2. The zero-order valence-corrected chi connectivity index (χ0v) is 12.5. The molecule has 0 aliphatic heterocycles. The van der Waals surface area contributed by atoms with Gasteiger partial charge in [-0.2, -0.15) is 0 Å². The van der Waals surface area contributed by atoms with Crippen molar-refractivity contribution >= 4 is 27.3 Å². The van der Waals surface area contributed by atoms with Gasteiger partial charge in [-0.1, -0.05) is 12.1 Å². The number of rotatable bonds is 5. The van der Waals surface area contributed by atoms with Crippen molar-refractivity contribution in [1.29, 1.82) is 0 Å². The molecule has 0 aliphatic carbocycles. The first kappa shape index (κ1) is 13.7. The Morgan fingerprint density at radius 2 is 1.94 bits per heavy atom. The summed E-state index contributed by atoms with van der Waals surface area (Å²) in [7, 11) is 0. The predicted octanol–water partition coefficient (Wildman–Crippen LogP) is 4.54. The van der Waals surface area contributed by atoms with Crippen LogP contribution in [-0.2, 0) is 6.42 Å². The van der Waals surface area contributed by atoms with Crippen LogP contribution in [0, 0.1) is 5.82 Å². The lowest BCUT2D eigenvalue weighted by Crippen LogP contribution is -2.20. The Morgan fingerprint density at radius 3 is 2.56 bits per heavy atom. The molecule has 0 radical (unpaired) electrons. The standard InChI is InChI=1S/C14H15BrFNS/c1-10(13-6-7-14(15)18-13)17-9-8-11-2-4-12(16)5-3-11/h2-7,10,17H,8-9H2,1H3. The summed E-state index contributed by atoms with van der Waals surface area (Å²) in [5.74, 6) is -0.177. The van der Waals surface area contributed by atoms with Crippen LogP contribution in [0.25, 0.3) is 0 Å². The summed E-state index contributed by atoms with van der Waals surface area (Å²) in [6.45, 7) is 3.05. The quantitative estimate of drug-likeness (QED) is 0.849. The van der Waals surface area contributed by atoms with E-state index in [1.54, 1.807) is 11.3 Å². The Bertz CT molecular complexity index is 495. The van der Waals surface area contributed by atoms with E-state index in [1.807, 2.05) is 12.1 Å². The number of benzene rings is 1.